The van der Waals surface area contributed by atoms with Gasteiger partial charge in [-0.15, -0.1) is 0 Å². The van der Waals surface area contributed by atoms with E-state index in [1.807, 2.05) is 37.3 Å². The Morgan fingerprint density at radius 2 is 2.28 bits per heavy atom. The van der Waals surface area contributed by atoms with Gasteiger partial charge in [0.1, 0.15) is 18.5 Å². The molecule has 0 spiro atoms. The number of ether oxygens (including phenoxy) is 2. The molecule has 2 aromatic heterocycles. The second-order valence-electron chi connectivity index (χ2n) is 5.81. The molecule has 130 valence electrons. The van der Waals surface area contributed by atoms with E-state index < -0.39 is 0 Å². The van der Waals surface area contributed by atoms with Crippen molar-refractivity contribution in [2.45, 2.75) is 13.0 Å². The maximum atomic E-state index is 12.3. The van der Waals surface area contributed by atoms with Crippen molar-refractivity contribution in [1.29, 1.82) is 0 Å². The van der Waals surface area contributed by atoms with Gasteiger partial charge in [0.25, 0.3) is 0 Å². The van der Waals surface area contributed by atoms with Crippen molar-refractivity contribution in [3.63, 3.8) is 0 Å². The molecule has 1 amide bonds. The molecule has 0 radical (unpaired) electrons. The number of nitrogens with zero attached hydrogens (tertiary/aromatic N) is 3. The van der Waals surface area contributed by atoms with Crippen LogP contribution in [-0.2, 0) is 9.53 Å². The van der Waals surface area contributed by atoms with E-state index >= 15 is 0 Å². The molecule has 25 heavy (non-hydrogen) atoms. The Balaban J connectivity index is 1.51. The highest BCUT2D eigenvalue weighted by Crippen LogP contribution is 2.12. The van der Waals surface area contributed by atoms with Crippen LogP contribution in [0.25, 0.3) is 6.08 Å². The Morgan fingerprint density at radius 3 is 3.04 bits per heavy atom. The van der Waals surface area contributed by atoms with E-state index in [0.717, 1.165) is 11.4 Å². The van der Waals surface area contributed by atoms with E-state index in [-0.39, 0.29) is 12.0 Å². The summed E-state index contributed by atoms with van der Waals surface area (Å²) < 4.78 is 11.4. The molecular formula is C19H21N3O3. The molecule has 3 rings (SSSR count). The average molecular weight is 339 g/mol. The molecule has 6 nitrogen and oxygen atoms in total. The summed E-state index contributed by atoms with van der Waals surface area (Å²) in [5.41, 5.74) is 1.70. The Kier molecular flexibility index (Phi) is 5.74. The minimum absolute atomic E-state index is 0.0454. The van der Waals surface area contributed by atoms with E-state index in [0.29, 0.717) is 32.1 Å². The molecule has 0 saturated carbocycles. The summed E-state index contributed by atoms with van der Waals surface area (Å²) in [5.74, 6) is 0.656. The molecule has 0 aromatic carbocycles. The predicted molar refractivity (Wildman–Crippen MR) is 94.1 cm³/mol. The number of rotatable bonds is 5. The summed E-state index contributed by atoms with van der Waals surface area (Å²) >= 11 is 0. The van der Waals surface area contributed by atoms with Crippen molar-refractivity contribution in [2.75, 3.05) is 26.3 Å². The molecule has 3 heterocycles. The molecule has 1 fully saturated rings. The quantitative estimate of drug-likeness (QED) is 0.781. The zero-order valence-electron chi connectivity index (χ0n) is 14.2. The number of carbonyl (C=O) groups excluding carboxylic acids is 1. The first-order valence-electron chi connectivity index (χ1n) is 8.26. The SMILES string of the molecule is Cc1ccc(OCC2CN(C(=O)C=Cc3ccccn3)CCO2)cn1. The molecule has 0 N–H and O–H groups in total. The normalized spacial score (nSPS) is 17.6. The van der Waals surface area contributed by atoms with Crippen molar-refractivity contribution in [3.05, 3.63) is 60.2 Å². The van der Waals surface area contributed by atoms with E-state index in [1.54, 1.807) is 29.4 Å². The second kappa shape index (κ2) is 8.39. The van der Waals surface area contributed by atoms with Crippen molar-refractivity contribution in [1.82, 2.24) is 14.9 Å². The van der Waals surface area contributed by atoms with Crippen molar-refractivity contribution < 1.29 is 14.3 Å². The summed E-state index contributed by atoms with van der Waals surface area (Å²) in [5, 5.41) is 0. The van der Waals surface area contributed by atoms with Gasteiger partial charge in [-0.2, -0.15) is 0 Å². The van der Waals surface area contributed by atoms with Crippen LogP contribution in [0.2, 0.25) is 0 Å². The highest BCUT2D eigenvalue weighted by atomic mass is 16.5. The topological polar surface area (TPSA) is 64.5 Å². The van der Waals surface area contributed by atoms with Gasteiger partial charge in [0, 0.05) is 24.5 Å². The number of hydrogen-bond donors (Lipinski definition) is 0. The number of pyridine rings is 2. The largest absolute Gasteiger partial charge is 0.489 e. The third kappa shape index (κ3) is 5.12. The van der Waals surface area contributed by atoms with Crippen LogP contribution in [0.4, 0.5) is 0 Å². The van der Waals surface area contributed by atoms with E-state index in [2.05, 4.69) is 9.97 Å². The van der Waals surface area contributed by atoms with Crippen LogP contribution in [0, 0.1) is 6.92 Å². The number of morpholine rings is 1. The first kappa shape index (κ1) is 17.1. The zero-order valence-corrected chi connectivity index (χ0v) is 14.2. The van der Waals surface area contributed by atoms with E-state index in [1.165, 1.54) is 0 Å². The highest BCUT2D eigenvalue weighted by molar-refractivity contribution is 5.91. The van der Waals surface area contributed by atoms with Gasteiger partial charge in [0.15, 0.2) is 0 Å². The van der Waals surface area contributed by atoms with Gasteiger partial charge in [0.2, 0.25) is 5.91 Å². The Morgan fingerprint density at radius 1 is 1.36 bits per heavy atom. The summed E-state index contributed by atoms with van der Waals surface area (Å²) in [4.78, 5) is 22.5. The van der Waals surface area contributed by atoms with Gasteiger partial charge in [0.05, 0.1) is 25.0 Å². The van der Waals surface area contributed by atoms with Crippen LogP contribution in [0.5, 0.6) is 5.75 Å². The molecule has 6 heteroatoms. The lowest BCUT2D eigenvalue weighted by atomic mass is 10.2. The molecule has 1 aliphatic heterocycles. The number of aryl methyl sites for hydroxylation is 1. The Hall–Kier alpha value is -2.73. The van der Waals surface area contributed by atoms with Gasteiger partial charge in [-0.25, -0.2) is 0 Å². The van der Waals surface area contributed by atoms with Crippen LogP contribution in [0.1, 0.15) is 11.4 Å². The maximum absolute atomic E-state index is 12.3. The van der Waals surface area contributed by atoms with Gasteiger partial charge in [-0.1, -0.05) is 6.07 Å². The lowest BCUT2D eigenvalue weighted by molar-refractivity contribution is -0.134. The van der Waals surface area contributed by atoms with Crippen molar-refractivity contribution in [2.24, 2.45) is 0 Å². The Labute approximate surface area is 147 Å². The summed E-state index contributed by atoms with van der Waals surface area (Å²) in [6.45, 7) is 3.90. The number of hydrogen-bond acceptors (Lipinski definition) is 5. The van der Waals surface area contributed by atoms with Crippen molar-refractivity contribution in [3.8, 4) is 5.75 Å². The van der Waals surface area contributed by atoms with Gasteiger partial charge < -0.3 is 14.4 Å². The summed E-state index contributed by atoms with van der Waals surface area (Å²) in [6, 6.07) is 9.36. The third-order valence-electron chi connectivity index (χ3n) is 3.86. The molecule has 1 aliphatic rings. The van der Waals surface area contributed by atoms with E-state index in [4.69, 9.17) is 9.47 Å². The second-order valence-corrected chi connectivity index (χ2v) is 5.81. The monoisotopic (exact) mass is 339 g/mol. The van der Waals surface area contributed by atoms with Gasteiger partial charge in [-0.05, 0) is 37.3 Å². The molecule has 1 saturated heterocycles. The first-order chi connectivity index (χ1) is 12.2. The fourth-order valence-corrected chi connectivity index (χ4v) is 2.49. The van der Waals surface area contributed by atoms with Crippen molar-refractivity contribution >= 4 is 12.0 Å². The molecule has 0 aliphatic carbocycles. The summed E-state index contributed by atoms with van der Waals surface area (Å²) in [6.07, 6.45) is 6.52. The van der Waals surface area contributed by atoms with Gasteiger partial charge in [-0.3, -0.25) is 14.8 Å². The molecule has 1 atom stereocenters. The van der Waals surface area contributed by atoms with Crippen LogP contribution in [0.15, 0.2) is 48.8 Å². The average Bonchev–Trinajstić information content (AvgIpc) is 2.67. The number of carbonyl (C=O) groups is 1. The fraction of sp³-hybridized carbons (Fsp3) is 0.316. The van der Waals surface area contributed by atoms with Crippen LogP contribution in [0.3, 0.4) is 0 Å². The highest BCUT2D eigenvalue weighted by Gasteiger charge is 2.23. The number of amides is 1. The molecular weight excluding hydrogens is 318 g/mol. The van der Waals surface area contributed by atoms with Gasteiger partial charge >= 0.3 is 0 Å². The molecule has 0 bridgehead atoms. The predicted octanol–water partition coefficient (Wildman–Crippen LogP) is 2.10. The maximum Gasteiger partial charge on any atom is 0.246 e. The lowest BCUT2D eigenvalue weighted by Gasteiger charge is -2.32. The lowest BCUT2D eigenvalue weighted by Crippen LogP contribution is -2.47. The minimum atomic E-state index is -0.151. The smallest absolute Gasteiger partial charge is 0.246 e. The first-order valence-corrected chi connectivity index (χ1v) is 8.26. The molecule has 2 aromatic rings. The van der Waals surface area contributed by atoms with E-state index in [9.17, 15) is 4.79 Å². The van der Waals surface area contributed by atoms with Crippen LogP contribution >= 0.6 is 0 Å². The molecule has 1 unspecified atom stereocenters. The van der Waals surface area contributed by atoms with Crippen LogP contribution in [-0.4, -0.2) is 53.2 Å². The zero-order chi connectivity index (χ0) is 17.5. The minimum Gasteiger partial charge on any atom is -0.489 e. The summed E-state index contributed by atoms with van der Waals surface area (Å²) in [7, 11) is 0. The fourth-order valence-electron chi connectivity index (χ4n) is 2.49. The number of aromatic nitrogens is 2. The van der Waals surface area contributed by atoms with Crippen LogP contribution < -0.4 is 4.74 Å². The Bertz CT molecular complexity index is 716. The third-order valence-corrected chi connectivity index (χ3v) is 3.86. The standard InChI is InChI=1S/C19H21N3O3/c1-15-5-7-17(12-21-15)25-14-18-13-22(10-11-24-18)19(23)8-6-16-4-2-3-9-20-16/h2-9,12,18H,10-11,13-14H2,1H3.